The van der Waals surface area contributed by atoms with Gasteiger partial charge in [0.1, 0.15) is 6.61 Å². The predicted molar refractivity (Wildman–Crippen MR) is 101 cm³/mol. The molecule has 0 saturated carbocycles. The normalized spacial score (nSPS) is 12.9. The van der Waals surface area contributed by atoms with Crippen molar-refractivity contribution in [3.63, 3.8) is 0 Å². The van der Waals surface area contributed by atoms with Gasteiger partial charge in [0.15, 0.2) is 11.6 Å². The van der Waals surface area contributed by atoms with Crippen LogP contribution in [0.3, 0.4) is 0 Å². The molecular formula is C21H21FN2O4. The number of carbonyl (C=O) groups excluding carboxylic acids is 3. The summed E-state index contributed by atoms with van der Waals surface area (Å²) in [7, 11) is 1.60. The van der Waals surface area contributed by atoms with Crippen LogP contribution in [0.1, 0.15) is 32.7 Å². The minimum absolute atomic E-state index is 0.0145. The van der Waals surface area contributed by atoms with Gasteiger partial charge in [-0.15, -0.1) is 0 Å². The molecule has 0 spiro atoms. The van der Waals surface area contributed by atoms with Crippen LogP contribution in [0.4, 0.5) is 4.39 Å². The van der Waals surface area contributed by atoms with Gasteiger partial charge in [-0.3, -0.25) is 19.3 Å². The number of nitrogens with zero attached hydrogens (tertiary/aromatic N) is 2. The molecule has 0 saturated heterocycles. The first-order chi connectivity index (χ1) is 13.4. The van der Waals surface area contributed by atoms with Gasteiger partial charge < -0.3 is 9.64 Å². The van der Waals surface area contributed by atoms with Crippen LogP contribution in [0.5, 0.6) is 5.75 Å². The first-order valence-electron chi connectivity index (χ1n) is 8.96. The molecule has 0 fully saturated rings. The number of benzene rings is 2. The highest BCUT2D eigenvalue weighted by Crippen LogP contribution is 2.24. The summed E-state index contributed by atoms with van der Waals surface area (Å²) in [5.74, 6) is -1.31. The number of aryl methyl sites for hydroxylation is 1. The topological polar surface area (TPSA) is 66.9 Å². The number of hydrogen-bond donors (Lipinski definition) is 0. The molecule has 0 atom stereocenters. The minimum atomic E-state index is -0.461. The molecule has 6 nitrogen and oxygen atoms in total. The van der Waals surface area contributed by atoms with E-state index in [0.717, 1.165) is 10.5 Å². The van der Waals surface area contributed by atoms with Crippen LogP contribution in [-0.2, 0) is 4.79 Å². The average molecular weight is 384 g/mol. The fourth-order valence-corrected chi connectivity index (χ4v) is 2.98. The highest BCUT2D eigenvalue weighted by Gasteiger charge is 2.35. The monoisotopic (exact) mass is 384 g/mol. The van der Waals surface area contributed by atoms with E-state index in [4.69, 9.17) is 4.74 Å². The van der Waals surface area contributed by atoms with Gasteiger partial charge in [0.25, 0.3) is 11.8 Å². The molecular weight excluding hydrogens is 363 g/mol. The summed E-state index contributed by atoms with van der Waals surface area (Å²) in [5.41, 5.74) is 1.64. The Bertz CT molecular complexity index is 928. The second kappa shape index (κ2) is 8.21. The zero-order valence-electron chi connectivity index (χ0n) is 15.8. The number of carbonyl (C=O) groups is 3. The molecule has 28 heavy (non-hydrogen) atoms. The summed E-state index contributed by atoms with van der Waals surface area (Å²) in [6.07, 6.45) is 0.0145. The lowest BCUT2D eigenvalue weighted by Gasteiger charge is -2.19. The van der Waals surface area contributed by atoms with E-state index in [1.807, 2.05) is 6.92 Å². The zero-order valence-corrected chi connectivity index (χ0v) is 15.8. The number of rotatable bonds is 7. The summed E-state index contributed by atoms with van der Waals surface area (Å²) >= 11 is 0. The number of likely N-dealkylation sites (N-methyl/N-ethyl adjacent to an activating group) is 1. The van der Waals surface area contributed by atoms with Gasteiger partial charge in [0, 0.05) is 20.0 Å². The maximum absolute atomic E-state index is 13.5. The first kappa shape index (κ1) is 19.5. The maximum atomic E-state index is 13.5. The second-order valence-electron chi connectivity index (χ2n) is 6.66. The number of halogens is 1. The Kier molecular flexibility index (Phi) is 5.73. The molecule has 3 rings (SSSR count). The standard InChI is InChI=1S/C21H21FN2O4/c1-14-7-8-15-16(13-14)21(27)24(20(15)26)10-9-19(25)23(2)11-12-28-18-6-4-3-5-17(18)22/h3-8,13H,9-12H2,1-2H3. The van der Waals surface area contributed by atoms with Gasteiger partial charge in [-0.1, -0.05) is 23.8 Å². The van der Waals surface area contributed by atoms with E-state index < -0.39 is 5.82 Å². The lowest BCUT2D eigenvalue weighted by atomic mass is 10.1. The largest absolute Gasteiger partial charge is 0.489 e. The van der Waals surface area contributed by atoms with E-state index in [-0.39, 0.29) is 49.6 Å². The molecule has 3 amide bonds. The summed E-state index contributed by atoms with van der Waals surface area (Å²) in [6, 6.07) is 11.1. The Morgan fingerprint density at radius 2 is 1.82 bits per heavy atom. The molecule has 0 aromatic heterocycles. The van der Waals surface area contributed by atoms with E-state index >= 15 is 0 Å². The molecule has 0 N–H and O–H groups in total. The fourth-order valence-electron chi connectivity index (χ4n) is 2.98. The molecule has 2 aromatic carbocycles. The van der Waals surface area contributed by atoms with Crippen molar-refractivity contribution in [2.24, 2.45) is 0 Å². The zero-order chi connectivity index (χ0) is 20.3. The molecule has 1 aliphatic rings. The van der Waals surface area contributed by atoms with E-state index in [2.05, 4.69) is 0 Å². The number of para-hydroxylation sites is 1. The summed E-state index contributed by atoms with van der Waals surface area (Å²) in [4.78, 5) is 39.6. The van der Waals surface area contributed by atoms with Crippen molar-refractivity contribution in [2.45, 2.75) is 13.3 Å². The number of ether oxygens (including phenoxy) is 1. The highest BCUT2D eigenvalue weighted by atomic mass is 19.1. The minimum Gasteiger partial charge on any atom is -0.489 e. The molecule has 1 aliphatic heterocycles. The third-order valence-corrected chi connectivity index (χ3v) is 4.62. The van der Waals surface area contributed by atoms with Crippen molar-refractivity contribution in [3.05, 3.63) is 65.0 Å². The predicted octanol–water partition coefficient (Wildman–Crippen LogP) is 2.66. The summed E-state index contributed by atoms with van der Waals surface area (Å²) < 4.78 is 18.8. The molecule has 0 aliphatic carbocycles. The number of hydrogen-bond acceptors (Lipinski definition) is 4. The van der Waals surface area contributed by atoms with Crippen LogP contribution in [0.2, 0.25) is 0 Å². The Morgan fingerprint density at radius 3 is 2.57 bits per heavy atom. The van der Waals surface area contributed by atoms with E-state index in [1.54, 1.807) is 37.4 Å². The van der Waals surface area contributed by atoms with Gasteiger partial charge in [-0.25, -0.2) is 4.39 Å². The lowest BCUT2D eigenvalue weighted by Crippen LogP contribution is -2.36. The molecule has 0 unspecified atom stereocenters. The molecule has 146 valence electrons. The van der Waals surface area contributed by atoms with Crippen molar-refractivity contribution < 1.29 is 23.5 Å². The van der Waals surface area contributed by atoms with Crippen LogP contribution in [0, 0.1) is 12.7 Å². The third kappa shape index (κ3) is 4.03. The van der Waals surface area contributed by atoms with E-state index in [9.17, 15) is 18.8 Å². The molecule has 1 heterocycles. The maximum Gasteiger partial charge on any atom is 0.261 e. The van der Waals surface area contributed by atoms with Gasteiger partial charge in [0.05, 0.1) is 17.7 Å². The van der Waals surface area contributed by atoms with Crippen LogP contribution < -0.4 is 4.74 Å². The quantitative estimate of drug-likeness (QED) is 0.689. The summed E-state index contributed by atoms with van der Waals surface area (Å²) in [5, 5.41) is 0. The van der Waals surface area contributed by atoms with Crippen molar-refractivity contribution in [2.75, 3.05) is 26.7 Å². The van der Waals surface area contributed by atoms with Gasteiger partial charge in [0.2, 0.25) is 5.91 Å². The highest BCUT2D eigenvalue weighted by molar-refractivity contribution is 6.21. The molecule has 0 radical (unpaired) electrons. The second-order valence-corrected chi connectivity index (χ2v) is 6.66. The fraction of sp³-hybridized carbons (Fsp3) is 0.286. The number of fused-ring (bicyclic) bond motifs is 1. The SMILES string of the molecule is Cc1ccc2c(c1)C(=O)N(CCC(=O)N(C)CCOc1ccccc1F)C2=O. The number of amides is 3. The Balaban J connectivity index is 1.49. The van der Waals surface area contributed by atoms with Crippen molar-refractivity contribution in [1.29, 1.82) is 0 Å². The molecule has 0 bridgehead atoms. The first-order valence-corrected chi connectivity index (χ1v) is 8.96. The lowest BCUT2D eigenvalue weighted by molar-refractivity contribution is -0.130. The smallest absolute Gasteiger partial charge is 0.261 e. The third-order valence-electron chi connectivity index (χ3n) is 4.62. The molecule has 7 heteroatoms. The summed E-state index contributed by atoms with van der Waals surface area (Å²) in [6.45, 7) is 2.26. The Morgan fingerprint density at radius 1 is 1.11 bits per heavy atom. The van der Waals surface area contributed by atoms with Crippen LogP contribution >= 0.6 is 0 Å². The van der Waals surface area contributed by atoms with Crippen molar-refractivity contribution >= 4 is 17.7 Å². The van der Waals surface area contributed by atoms with Crippen LogP contribution in [0.15, 0.2) is 42.5 Å². The van der Waals surface area contributed by atoms with Gasteiger partial charge >= 0.3 is 0 Å². The van der Waals surface area contributed by atoms with Crippen molar-refractivity contribution in [1.82, 2.24) is 9.80 Å². The average Bonchev–Trinajstić information content (AvgIpc) is 2.91. The van der Waals surface area contributed by atoms with E-state index in [1.165, 1.54) is 17.0 Å². The molecule has 2 aromatic rings. The van der Waals surface area contributed by atoms with Crippen LogP contribution in [-0.4, -0.2) is 54.3 Å². The number of imide groups is 1. The Hall–Kier alpha value is -3.22. The van der Waals surface area contributed by atoms with Gasteiger partial charge in [-0.05, 0) is 31.2 Å². The van der Waals surface area contributed by atoms with Crippen molar-refractivity contribution in [3.8, 4) is 5.75 Å². The van der Waals surface area contributed by atoms with Gasteiger partial charge in [-0.2, -0.15) is 0 Å². The van der Waals surface area contributed by atoms with Crippen LogP contribution in [0.25, 0.3) is 0 Å². The Labute approximate surface area is 162 Å². The van der Waals surface area contributed by atoms with E-state index in [0.29, 0.717) is 11.1 Å².